The topological polar surface area (TPSA) is 0 Å². The lowest BCUT2D eigenvalue weighted by Crippen LogP contribution is -1.78. The maximum Gasteiger partial charge on any atom is 0.0333 e. The van der Waals surface area contributed by atoms with Gasteiger partial charge in [0.05, 0.1) is 0 Å². The van der Waals surface area contributed by atoms with Crippen molar-refractivity contribution >= 4 is 27.5 Å². The minimum atomic E-state index is 0.597. The zero-order chi connectivity index (χ0) is 9.68. The molecule has 0 N–H and O–H groups in total. The Balaban J connectivity index is 2.81. The van der Waals surface area contributed by atoms with Gasteiger partial charge >= 0.3 is 0 Å². The molecule has 0 nitrogen and oxygen atoms in total. The molecule has 2 heteroatoms. The van der Waals surface area contributed by atoms with Gasteiger partial charge in [-0.15, -0.1) is 11.6 Å². The van der Waals surface area contributed by atoms with Crippen LogP contribution in [0.4, 0.5) is 0 Å². The van der Waals surface area contributed by atoms with Gasteiger partial charge in [0.15, 0.2) is 0 Å². The zero-order valence-electron chi connectivity index (χ0n) is 7.40. The van der Waals surface area contributed by atoms with Crippen LogP contribution in [0.3, 0.4) is 0 Å². The summed E-state index contributed by atoms with van der Waals surface area (Å²) in [5.41, 5.74) is 2.26. The van der Waals surface area contributed by atoms with Crippen molar-refractivity contribution in [2.75, 3.05) is 5.88 Å². The molecule has 0 saturated heterocycles. The van der Waals surface area contributed by atoms with E-state index >= 15 is 0 Å². The van der Waals surface area contributed by atoms with Crippen molar-refractivity contribution in [2.24, 2.45) is 0 Å². The highest BCUT2D eigenvalue weighted by molar-refractivity contribution is 9.10. The van der Waals surface area contributed by atoms with E-state index < -0.39 is 0 Å². The normalized spacial score (nSPS) is 9.15. The maximum atomic E-state index is 5.51. The summed E-state index contributed by atoms with van der Waals surface area (Å²) in [7, 11) is 0. The Morgan fingerprint density at radius 3 is 2.85 bits per heavy atom. The molecule has 0 heterocycles. The second-order valence-electron chi connectivity index (χ2n) is 2.70. The molecule has 1 rings (SSSR count). The highest BCUT2D eigenvalue weighted by atomic mass is 79.9. The van der Waals surface area contributed by atoms with E-state index in [-0.39, 0.29) is 0 Å². The van der Waals surface area contributed by atoms with E-state index in [1.165, 1.54) is 5.56 Å². The van der Waals surface area contributed by atoms with Crippen LogP contribution in [0.5, 0.6) is 0 Å². The molecule has 0 radical (unpaired) electrons. The van der Waals surface area contributed by atoms with Crippen LogP contribution in [0.25, 0.3) is 0 Å². The minimum Gasteiger partial charge on any atom is -0.126 e. The molecule has 68 valence electrons. The van der Waals surface area contributed by atoms with E-state index in [9.17, 15) is 0 Å². The smallest absolute Gasteiger partial charge is 0.0333 e. The predicted octanol–water partition coefficient (Wildman–Crippen LogP) is 3.74. The van der Waals surface area contributed by atoms with E-state index in [0.29, 0.717) is 5.88 Å². The first-order valence-corrected chi connectivity index (χ1v) is 5.38. The van der Waals surface area contributed by atoms with Crippen LogP contribution in [0.1, 0.15) is 17.5 Å². The van der Waals surface area contributed by atoms with Crippen LogP contribution < -0.4 is 0 Å². The van der Waals surface area contributed by atoms with E-state index in [0.717, 1.165) is 16.5 Å². The third-order valence-electron chi connectivity index (χ3n) is 1.62. The fourth-order valence-corrected chi connectivity index (χ4v) is 1.36. The van der Waals surface area contributed by atoms with Crippen molar-refractivity contribution in [3.05, 3.63) is 33.8 Å². The van der Waals surface area contributed by atoms with Gasteiger partial charge in [-0.1, -0.05) is 33.8 Å². The summed E-state index contributed by atoms with van der Waals surface area (Å²) in [6.07, 6.45) is 0.743. The van der Waals surface area contributed by atoms with Gasteiger partial charge in [-0.05, 0) is 24.6 Å². The fraction of sp³-hybridized carbons (Fsp3) is 0.273. The van der Waals surface area contributed by atoms with Gasteiger partial charge < -0.3 is 0 Å². The Labute approximate surface area is 92.4 Å². The average Bonchev–Trinajstić information content (AvgIpc) is 2.12. The molecule has 0 atom stereocenters. The molecule has 13 heavy (non-hydrogen) atoms. The van der Waals surface area contributed by atoms with E-state index in [1.54, 1.807) is 0 Å². The molecule has 0 unspecified atom stereocenters. The van der Waals surface area contributed by atoms with E-state index in [1.807, 2.05) is 12.1 Å². The molecule has 0 aliphatic carbocycles. The number of halogens is 2. The third-order valence-corrected chi connectivity index (χ3v) is 2.67. The Morgan fingerprint density at radius 1 is 1.46 bits per heavy atom. The lowest BCUT2D eigenvalue weighted by atomic mass is 10.1. The summed E-state index contributed by atoms with van der Waals surface area (Å²) in [6, 6.07) is 6.09. The number of alkyl halides is 1. The van der Waals surface area contributed by atoms with Gasteiger partial charge in [0.2, 0.25) is 0 Å². The zero-order valence-corrected chi connectivity index (χ0v) is 9.74. The highest BCUT2D eigenvalue weighted by Crippen LogP contribution is 2.16. The van der Waals surface area contributed by atoms with Crippen LogP contribution in [0, 0.1) is 18.8 Å². The van der Waals surface area contributed by atoms with Crippen molar-refractivity contribution in [1.29, 1.82) is 0 Å². The molecule has 0 fully saturated rings. The molecule has 0 spiro atoms. The molecular weight excluding hydrogens is 247 g/mol. The number of hydrogen-bond acceptors (Lipinski definition) is 0. The molecule has 0 aliphatic rings. The van der Waals surface area contributed by atoms with Crippen LogP contribution in [-0.2, 0) is 0 Å². The van der Waals surface area contributed by atoms with Gasteiger partial charge in [-0.25, -0.2) is 0 Å². The number of benzene rings is 1. The van der Waals surface area contributed by atoms with E-state index in [2.05, 4.69) is 40.8 Å². The standard InChI is InChI=1S/C11H10BrCl/c1-9-5-6-10(8-11(9)12)4-2-3-7-13/h5-6,8H,3,7H2,1H3. The molecule has 0 amide bonds. The van der Waals surface area contributed by atoms with Crippen molar-refractivity contribution in [1.82, 2.24) is 0 Å². The van der Waals surface area contributed by atoms with Crippen molar-refractivity contribution in [2.45, 2.75) is 13.3 Å². The lowest BCUT2D eigenvalue weighted by molar-refractivity contribution is 1.29. The second kappa shape index (κ2) is 5.32. The third kappa shape index (κ3) is 3.42. The molecule has 0 saturated carbocycles. The molecule has 0 aliphatic heterocycles. The molecule has 1 aromatic rings. The first kappa shape index (κ1) is 10.6. The molecule has 0 bridgehead atoms. The Kier molecular flexibility index (Phi) is 4.35. The fourth-order valence-electron chi connectivity index (χ4n) is 0.882. The Bertz CT molecular complexity index is 347. The quantitative estimate of drug-likeness (QED) is 0.531. The largest absolute Gasteiger partial charge is 0.126 e. The van der Waals surface area contributed by atoms with Crippen LogP contribution in [-0.4, -0.2) is 5.88 Å². The maximum absolute atomic E-state index is 5.51. The lowest BCUT2D eigenvalue weighted by Gasteiger charge is -1.96. The van der Waals surface area contributed by atoms with Gasteiger partial charge in [0.25, 0.3) is 0 Å². The monoisotopic (exact) mass is 256 g/mol. The van der Waals surface area contributed by atoms with Gasteiger partial charge in [-0.2, -0.15) is 0 Å². The minimum absolute atomic E-state index is 0.597. The van der Waals surface area contributed by atoms with Gasteiger partial charge in [0.1, 0.15) is 0 Å². The SMILES string of the molecule is Cc1ccc(C#CCCCl)cc1Br. The van der Waals surface area contributed by atoms with E-state index in [4.69, 9.17) is 11.6 Å². The number of hydrogen-bond donors (Lipinski definition) is 0. The molecular formula is C11H10BrCl. The summed E-state index contributed by atoms with van der Waals surface area (Å²) in [4.78, 5) is 0. The van der Waals surface area contributed by atoms with Crippen LogP contribution >= 0.6 is 27.5 Å². The Morgan fingerprint density at radius 2 is 2.23 bits per heavy atom. The van der Waals surface area contributed by atoms with Crippen LogP contribution in [0.15, 0.2) is 22.7 Å². The summed E-state index contributed by atoms with van der Waals surface area (Å²) in [5.74, 6) is 6.64. The first-order chi connectivity index (χ1) is 6.24. The average molecular weight is 258 g/mol. The second-order valence-corrected chi connectivity index (χ2v) is 3.94. The number of rotatable bonds is 1. The van der Waals surface area contributed by atoms with Crippen molar-refractivity contribution in [3.63, 3.8) is 0 Å². The van der Waals surface area contributed by atoms with Gasteiger partial charge in [-0.3, -0.25) is 0 Å². The Hall–Kier alpha value is -0.450. The molecule has 1 aromatic carbocycles. The van der Waals surface area contributed by atoms with Gasteiger partial charge in [0, 0.05) is 22.3 Å². The number of aryl methyl sites for hydroxylation is 1. The van der Waals surface area contributed by atoms with Crippen molar-refractivity contribution in [3.8, 4) is 11.8 Å². The van der Waals surface area contributed by atoms with Crippen LogP contribution in [0.2, 0.25) is 0 Å². The summed E-state index contributed by atoms with van der Waals surface area (Å²) >= 11 is 8.97. The molecule has 0 aromatic heterocycles. The van der Waals surface area contributed by atoms with Crippen molar-refractivity contribution < 1.29 is 0 Å². The first-order valence-electron chi connectivity index (χ1n) is 4.05. The highest BCUT2D eigenvalue weighted by Gasteiger charge is 1.93. The summed E-state index contributed by atoms with van der Waals surface area (Å²) in [6.45, 7) is 2.06. The summed E-state index contributed by atoms with van der Waals surface area (Å²) in [5, 5.41) is 0. The summed E-state index contributed by atoms with van der Waals surface area (Å²) < 4.78 is 1.10. The predicted molar refractivity (Wildman–Crippen MR) is 61.1 cm³/mol.